The number of fused-ring (bicyclic) bond motifs is 1. The first-order chi connectivity index (χ1) is 13.0. The predicted molar refractivity (Wildman–Crippen MR) is 108 cm³/mol. The molecule has 0 fully saturated rings. The number of aryl methyl sites for hydroxylation is 2. The Balaban J connectivity index is 1.94. The second kappa shape index (κ2) is 6.67. The molecule has 136 valence electrons. The van der Waals surface area contributed by atoms with Gasteiger partial charge in [0.15, 0.2) is 0 Å². The topological polar surface area (TPSA) is 66.4 Å². The van der Waals surface area contributed by atoms with E-state index in [0.717, 1.165) is 16.0 Å². The Morgan fingerprint density at radius 2 is 1.85 bits per heavy atom. The van der Waals surface area contributed by atoms with Gasteiger partial charge in [-0.15, -0.1) is 11.3 Å². The first kappa shape index (κ1) is 17.5. The van der Waals surface area contributed by atoms with E-state index in [1.54, 1.807) is 0 Å². The number of hydrogen-bond acceptors (Lipinski definition) is 3. The van der Waals surface area contributed by atoms with Gasteiger partial charge >= 0.3 is 5.97 Å². The number of rotatable bonds is 3. The molecule has 4 nitrogen and oxygen atoms in total. The number of aromatic carboxylic acids is 1. The first-order valence-corrected chi connectivity index (χ1v) is 9.59. The quantitative estimate of drug-likeness (QED) is 0.659. The molecule has 1 aliphatic rings. The molecule has 0 saturated heterocycles. The van der Waals surface area contributed by atoms with Crippen LogP contribution in [0.4, 0.5) is 5.69 Å². The summed E-state index contributed by atoms with van der Waals surface area (Å²) in [5, 5.41) is 12.7. The monoisotopic (exact) mass is 377 g/mol. The Morgan fingerprint density at radius 3 is 2.52 bits per heavy atom. The van der Waals surface area contributed by atoms with Crippen molar-refractivity contribution in [1.82, 2.24) is 0 Å². The number of carbonyl (C=O) groups is 2. The van der Waals surface area contributed by atoms with Crippen LogP contribution in [-0.2, 0) is 4.79 Å². The summed E-state index contributed by atoms with van der Waals surface area (Å²) in [5.74, 6) is -1.19. The maximum atomic E-state index is 12.5. The van der Waals surface area contributed by atoms with E-state index in [2.05, 4.69) is 31.3 Å². The Bertz CT molecular complexity index is 1050. The van der Waals surface area contributed by atoms with Crippen molar-refractivity contribution in [2.45, 2.75) is 26.2 Å². The Morgan fingerprint density at radius 1 is 1.11 bits per heavy atom. The van der Waals surface area contributed by atoms with Crippen molar-refractivity contribution in [3.63, 3.8) is 0 Å². The smallest absolute Gasteiger partial charge is 0.346 e. The highest BCUT2D eigenvalue weighted by Gasteiger charge is 2.34. The maximum Gasteiger partial charge on any atom is 0.346 e. The van der Waals surface area contributed by atoms with Gasteiger partial charge in [0.25, 0.3) is 0 Å². The average Bonchev–Trinajstić information content (AvgIpc) is 3.03. The molecule has 4 rings (SSSR count). The van der Waals surface area contributed by atoms with Crippen LogP contribution < -0.4 is 5.32 Å². The summed E-state index contributed by atoms with van der Waals surface area (Å²) < 4.78 is 0. The average molecular weight is 377 g/mol. The number of carboxylic acids is 1. The van der Waals surface area contributed by atoms with Crippen LogP contribution in [0.5, 0.6) is 0 Å². The normalized spacial score (nSPS) is 15.9. The highest BCUT2D eigenvalue weighted by atomic mass is 32.1. The summed E-state index contributed by atoms with van der Waals surface area (Å²) >= 11 is 1.27. The predicted octanol–water partition coefficient (Wildman–Crippen LogP) is 5.20. The van der Waals surface area contributed by atoms with Crippen LogP contribution in [0.2, 0.25) is 0 Å². The molecule has 1 amide bonds. The lowest BCUT2D eigenvalue weighted by Gasteiger charge is -2.24. The number of carboxylic acid groups (broad SMARTS) is 1. The summed E-state index contributed by atoms with van der Waals surface area (Å²) in [6.07, 6.45) is 0.323. The van der Waals surface area contributed by atoms with E-state index in [9.17, 15) is 14.7 Å². The van der Waals surface area contributed by atoms with E-state index < -0.39 is 5.97 Å². The van der Waals surface area contributed by atoms with E-state index >= 15 is 0 Å². The molecule has 2 heterocycles. The molecule has 5 heteroatoms. The van der Waals surface area contributed by atoms with Gasteiger partial charge in [0, 0.05) is 22.8 Å². The molecule has 3 aromatic rings. The van der Waals surface area contributed by atoms with E-state index in [1.807, 2.05) is 36.4 Å². The van der Waals surface area contributed by atoms with Gasteiger partial charge in [-0.05, 0) is 36.1 Å². The van der Waals surface area contributed by atoms with Gasteiger partial charge in [-0.3, -0.25) is 4.79 Å². The SMILES string of the molecule is Cc1ccc([C@H]2CC(=O)Nc3c2sc(C(=O)O)c3-c2ccccc2)cc1C. The Hall–Kier alpha value is -2.92. The number of carbonyl (C=O) groups excluding carboxylic acids is 1. The van der Waals surface area contributed by atoms with Gasteiger partial charge in [0.2, 0.25) is 5.91 Å². The lowest BCUT2D eigenvalue weighted by atomic mass is 9.87. The van der Waals surface area contributed by atoms with Crippen molar-refractivity contribution in [2.75, 3.05) is 5.32 Å². The minimum Gasteiger partial charge on any atom is -0.477 e. The highest BCUT2D eigenvalue weighted by molar-refractivity contribution is 7.15. The number of nitrogens with one attached hydrogen (secondary N) is 1. The van der Waals surface area contributed by atoms with Crippen LogP contribution in [0.15, 0.2) is 48.5 Å². The number of benzene rings is 2. The summed E-state index contributed by atoms with van der Waals surface area (Å²) in [4.78, 5) is 25.6. The van der Waals surface area contributed by atoms with Gasteiger partial charge in [-0.1, -0.05) is 48.5 Å². The van der Waals surface area contributed by atoms with Crippen LogP contribution in [0.25, 0.3) is 11.1 Å². The van der Waals surface area contributed by atoms with Crippen LogP contribution in [0, 0.1) is 13.8 Å². The van der Waals surface area contributed by atoms with Crippen molar-refractivity contribution >= 4 is 28.9 Å². The van der Waals surface area contributed by atoms with Gasteiger partial charge in [-0.2, -0.15) is 0 Å². The van der Waals surface area contributed by atoms with Crippen molar-refractivity contribution in [1.29, 1.82) is 0 Å². The van der Waals surface area contributed by atoms with Crippen molar-refractivity contribution in [3.8, 4) is 11.1 Å². The third kappa shape index (κ3) is 3.04. The van der Waals surface area contributed by atoms with Gasteiger partial charge in [-0.25, -0.2) is 4.79 Å². The molecule has 27 heavy (non-hydrogen) atoms. The van der Waals surface area contributed by atoms with E-state index in [0.29, 0.717) is 17.7 Å². The molecule has 2 N–H and O–H groups in total. The third-order valence-electron chi connectivity index (χ3n) is 5.10. The standard InChI is InChI=1S/C22H19NO3S/c1-12-8-9-15(10-13(12)2)16-11-17(24)23-19-18(14-6-4-3-5-7-14)21(22(25)26)27-20(16)19/h3-10,16H,11H2,1-2H3,(H,23,24)(H,25,26)/t16-/m1/s1. The summed E-state index contributed by atoms with van der Waals surface area (Å²) in [6, 6.07) is 15.6. The van der Waals surface area contributed by atoms with E-state index in [1.165, 1.54) is 22.5 Å². The molecule has 2 aromatic carbocycles. The first-order valence-electron chi connectivity index (χ1n) is 8.78. The van der Waals surface area contributed by atoms with Crippen LogP contribution >= 0.6 is 11.3 Å². The second-order valence-electron chi connectivity index (χ2n) is 6.87. The van der Waals surface area contributed by atoms with Crippen molar-refractivity contribution in [2.24, 2.45) is 0 Å². The zero-order valence-corrected chi connectivity index (χ0v) is 15.9. The van der Waals surface area contributed by atoms with Crippen LogP contribution in [0.3, 0.4) is 0 Å². The molecule has 0 bridgehead atoms. The van der Waals surface area contributed by atoms with Gasteiger partial charge in [0.1, 0.15) is 4.88 Å². The molecule has 1 aliphatic heterocycles. The minimum atomic E-state index is -0.971. The summed E-state index contributed by atoms with van der Waals surface area (Å²) in [7, 11) is 0. The van der Waals surface area contributed by atoms with Gasteiger partial charge in [0.05, 0.1) is 5.69 Å². The van der Waals surface area contributed by atoms with Gasteiger partial charge < -0.3 is 10.4 Å². The molecule has 0 radical (unpaired) electrons. The largest absolute Gasteiger partial charge is 0.477 e. The summed E-state index contributed by atoms with van der Waals surface area (Å²) in [6.45, 7) is 4.11. The molecule has 1 aromatic heterocycles. The molecule has 0 aliphatic carbocycles. The molecular formula is C22H19NO3S. The molecule has 0 spiro atoms. The molecule has 0 saturated carbocycles. The Kier molecular flexibility index (Phi) is 4.32. The zero-order chi connectivity index (χ0) is 19.1. The maximum absolute atomic E-state index is 12.5. The highest BCUT2D eigenvalue weighted by Crippen LogP contribution is 2.49. The Labute approximate surface area is 161 Å². The minimum absolute atomic E-state index is 0.0855. The van der Waals surface area contributed by atoms with E-state index in [-0.39, 0.29) is 16.7 Å². The number of amides is 1. The zero-order valence-electron chi connectivity index (χ0n) is 15.1. The molecular weight excluding hydrogens is 358 g/mol. The number of thiophene rings is 1. The molecule has 0 unspecified atom stereocenters. The fourth-order valence-electron chi connectivity index (χ4n) is 3.57. The number of hydrogen-bond donors (Lipinski definition) is 2. The second-order valence-corrected chi connectivity index (χ2v) is 7.92. The van der Waals surface area contributed by atoms with Crippen LogP contribution in [0.1, 0.15) is 43.6 Å². The fourth-order valence-corrected chi connectivity index (χ4v) is 4.81. The van der Waals surface area contributed by atoms with E-state index in [4.69, 9.17) is 0 Å². The van der Waals surface area contributed by atoms with Crippen molar-refractivity contribution in [3.05, 3.63) is 75.0 Å². The molecule has 1 atom stereocenters. The van der Waals surface area contributed by atoms with Crippen molar-refractivity contribution < 1.29 is 14.7 Å². The van der Waals surface area contributed by atoms with Crippen LogP contribution in [-0.4, -0.2) is 17.0 Å². The lowest BCUT2D eigenvalue weighted by Crippen LogP contribution is -2.22. The fraction of sp³-hybridized carbons (Fsp3) is 0.182. The summed E-state index contributed by atoms with van der Waals surface area (Å²) in [5.41, 5.74) is 5.45. The third-order valence-corrected chi connectivity index (χ3v) is 6.39. The number of anilines is 1. The lowest BCUT2D eigenvalue weighted by molar-refractivity contribution is -0.116.